The molecule has 17 heavy (non-hydrogen) atoms. The number of aliphatic carboxylic acids is 1. The van der Waals surface area contributed by atoms with Gasteiger partial charge in [-0.15, -0.1) is 0 Å². The lowest BCUT2D eigenvalue weighted by atomic mass is 9.74. The maximum Gasteiger partial charge on any atom is 0.325 e. The van der Waals surface area contributed by atoms with Gasteiger partial charge in [0, 0.05) is 6.54 Å². The fraction of sp³-hybridized carbons (Fsp3) is 0.900. The summed E-state index contributed by atoms with van der Waals surface area (Å²) in [5, 5.41) is 9.34. The first kappa shape index (κ1) is 14.4. The number of hydrogen-bond donors (Lipinski definition) is 3. The summed E-state index contributed by atoms with van der Waals surface area (Å²) in [6.45, 7) is 3.66. The van der Waals surface area contributed by atoms with Crippen LogP contribution in [0, 0.1) is 5.92 Å². The highest BCUT2D eigenvalue weighted by molar-refractivity contribution is 7.87. The predicted molar refractivity (Wildman–Crippen MR) is 63.7 cm³/mol. The van der Waals surface area contributed by atoms with Crippen molar-refractivity contribution in [3.05, 3.63) is 0 Å². The molecule has 0 saturated heterocycles. The first-order valence-corrected chi connectivity index (χ1v) is 7.34. The molecule has 100 valence electrons. The molecule has 0 aromatic carbocycles. The maximum atomic E-state index is 11.7. The molecule has 1 rings (SSSR count). The topological polar surface area (TPSA) is 95.5 Å². The fourth-order valence-corrected chi connectivity index (χ4v) is 3.65. The average Bonchev–Trinajstić information content (AvgIpc) is 2.20. The van der Waals surface area contributed by atoms with Crippen LogP contribution in [0.1, 0.15) is 39.5 Å². The molecule has 7 heteroatoms. The molecule has 1 aliphatic rings. The molecule has 2 atom stereocenters. The Labute approximate surface area is 102 Å². The van der Waals surface area contributed by atoms with Crippen molar-refractivity contribution in [1.82, 2.24) is 9.44 Å². The van der Waals surface area contributed by atoms with Crippen LogP contribution in [0.2, 0.25) is 0 Å². The van der Waals surface area contributed by atoms with Crippen molar-refractivity contribution in [2.45, 2.75) is 45.1 Å². The first-order valence-electron chi connectivity index (χ1n) is 5.86. The quantitative estimate of drug-likeness (QED) is 0.672. The normalized spacial score (nSPS) is 30.1. The maximum absolute atomic E-state index is 11.7. The fourth-order valence-electron chi connectivity index (χ4n) is 2.33. The SMILES string of the molecule is CCNS(=O)(=O)NC1(C(=O)O)CCCCC1C. The Morgan fingerprint density at radius 1 is 1.47 bits per heavy atom. The van der Waals surface area contributed by atoms with E-state index in [0.717, 1.165) is 19.3 Å². The van der Waals surface area contributed by atoms with Crippen LogP contribution >= 0.6 is 0 Å². The minimum Gasteiger partial charge on any atom is -0.480 e. The Kier molecular flexibility index (Phi) is 4.51. The van der Waals surface area contributed by atoms with Crippen molar-refractivity contribution in [3.8, 4) is 0 Å². The van der Waals surface area contributed by atoms with Crippen LogP contribution in [0.3, 0.4) is 0 Å². The average molecular weight is 264 g/mol. The molecule has 1 aliphatic carbocycles. The largest absolute Gasteiger partial charge is 0.480 e. The molecule has 6 nitrogen and oxygen atoms in total. The summed E-state index contributed by atoms with van der Waals surface area (Å²) in [6, 6.07) is 0. The number of carboxylic acid groups (broad SMARTS) is 1. The lowest BCUT2D eigenvalue weighted by Gasteiger charge is -2.39. The summed E-state index contributed by atoms with van der Waals surface area (Å²) in [5.74, 6) is -1.30. The van der Waals surface area contributed by atoms with Gasteiger partial charge in [0.15, 0.2) is 0 Å². The van der Waals surface area contributed by atoms with Crippen LogP contribution in [0.25, 0.3) is 0 Å². The van der Waals surface area contributed by atoms with Gasteiger partial charge in [0.05, 0.1) is 0 Å². The molecule has 0 bridgehead atoms. The number of hydrogen-bond acceptors (Lipinski definition) is 3. The minimum atomic E-state index is -3.75. The second-order valence-electron chi connectivity index (χ2n) is 4.53. The van der Waals surface area contributed by atoms with Gasteiger partial charge in [0.2, 0.25) is 0 Å². The van der Waals surface area contributed by atoms with Crippen LogP contribution < -0.4 is 9.44 Å². The van der Waals surface area contributed by atoms with E-state index in [2.05, 4.69) is 9.44 Å². The summed E-state index contributed by atoms with van der Waals surface area (Å²) >= 11 is 0. The van der Waals surface area contributed by atoms with Crippen molar-refractivity contribution >= 4 is 16.2 Å². The highest BCUT2D eigenvalue weighted by atomic mass is 32.2. The van der Waals surface area contributed by atoms with E-state index in [4.69, 9.17) is 0 Å². The van der Waals surface area contributed by atoms with Gasteiger partial charge < -0.3 is 5.11 Å². The highest BCUT2D eigenvalue weighted by Gasteiger charge is 2.47. The molecular weight excluding hydrogens is 244 g/mol. The monoisotopic (exact) mass is 264 g/mol. The molecule has 0 aromatic heterocycles. The lowest BCUT2D eigenvalue weighted by Crippen LogP contribution is -2.61. The van der Waals surface area contributed by atoms with Crippen molar-refractivity contribution in [2.75, 3.05) is 6.54 Å². The zero-order chi connectivity index (χ0) is 13.1. The molecule has 0 spiro atoms. The van der Waals surface area contributed by atoms with E-state index >= 15 is 0 Å². The van der Waals surface area contributed by atoms with E-state index in [1.165, 1.54) is 0 Å². The summed E-state index contributed by atoms with van der Waals surface area (Å²) in [5.41, 5.74) is -1.36. The first-order chi connectivity index (χ1) is 7.84. The van der Waals surface area contributed by atoms with E-state index in [1.807, 2.05) is 0 Å². The van der Waals surface area contributed by atoms with Gasteiger partial charge in [-0.25, -0.2) is 4.72 Å². The molecule has 1 fully saturated rings. The summed E-state index contributed by atoms with van der Waals surface area (Å²) in [7, 11) is -3.75. The van der Waals surface area contributed by atoms with Crippen molar-refractivity contribution < 1.29 is 18.3 Å². The second-order valence-corrected chi connectivity index (χ2v) is 6.03. The van der Waals surface area contributed by atoms with Crippen molar-refractivity contribution in [3.63, 3.8) is 0 Å². The Morgan fingerprint density at radius 3 is 2.59 bits per heavy atom. The Balaban J connectivity index is 2.97. The molecule has 0 aromatic rings. The summed E-state index contributed by atoms with van der Waals surface area (Å²) in [4.78, 5) is 11.4. The van der Waals surface area contributed by atoms with E-state index in [1.54, 1.807) is 13.8 Å². The molecule has 0 aliphatic heterocycles. The number of carboxylic acids is 1. The molecule has 2 unspecified atom stereocenters. The van der Waals surface area contributed by atoms with Gasteiger partial charge in [-0.2, -0.15) is 13.1 Å². The van der Waals surface area contributed by atoms with E-state index < -0.39 is 21.7 Å². The molecule has 0 radical (unpaired) electrons. The minimum absolute atomic E-state index is 0.206. The predicted octanol–water partition coefficient (Wildman–Crippen LogP) is 0.464. The molecule has 0 amide bonds. The Morgan fingerprint density at radius 2 is 2.12 bits per heavy atom. The zero-order valence-electron chi connectivity index (χ0n) is 10.2. The van der Waals surface area contributed by atoms with Crippen LogP contribution in [-0.4, -0.2) is 31.6 Å². The second kappa shape index (κ2) is 5.32. The molecule has 1 saturated carbocycles. The number of carbonyl (C=O) groups is 1. The number of rotatable bonds is 5. The molecule has 3 N–H and O–H groups in total. The van der Waals surface area contributed by atoms with Gasteiger partial charge in [0.1, 0.15) is 5.54 Å². The van der Waals surface area contributed by atoms with E-state index in [9.17, 15) is 18.3 Å². The van der Waals surface area contributed by atoms with Crippen LogP contribution in [0.4, 0.5) is 0 Å². The van der Waals surface area contributed by atoms with Crippen LogP contribution in [-0.2, 0) is 15.0 Å². The van der Waals surface area contributed by atoms with Crippen molar-refractivity contribution in [2.24, 2.45) is 5.92 Å². The van der Waals surface area contributed by atoms with Gasteiger partial charge >= 0.3 is 5.97 Å². The third-order valence-corrected chi connectivity index (χ3v) is 4.63. The van der Waals surface area contributed by atoms with Gasteiger partial charge in [-0.3, -0.25) is 4.79 Å². The Bertz CT molecular complexity index is 382. The van der Waals surface area contributed by atoms with Gasteiger partial charge in [-0.1, -0.05) is 26.7 Å². The van der Waals surface area contributed by atoms with E-state index in [0.29, 0.717) is 6.42 Å². The standard InChI is InChI=1S/C10H20N2O4S/c1-3-11-17(15,16)12-10(9(13)14)7-5-4-6-8(10)2/h8,11-12H,3-7H2,1-2H3,(H,13,14). The highest BCUT2D eigenvalue weighted by Crippen LogP contribution is 2.34. The zero-order valence-corrected chi connectivity index (χ0v) is 11.0. The molecule has 0 heterocycles. The third kappa shape index (κ3) is 3.17. The smallest absolute Gasteiger partial charge is 0.325 e. The van der Waals surface area contributed by atoms with Gasteiger partial charge in [0.25, 0.3) is 10.2 Å². The third-order valence-electron chi connectivity index (χ3n) is 3.33. The van der Waals surface area contributed by atoms with Gasteiger partial charge in [-0.05, 0) is 18.8 Å². The van der Waals surface area contributed by atoms with Crippen LogP contribution in [0.15, 0.2) is 0 Å². The molecular formula is C10H20N2O4S. The van der Waals surface area contributed by atoms with Crippen LogP contribution in [0.5, 0.6) is 0 Å². The number of nitrogens with one attached hydrogen (secondary N) is 2. The summed E-state index contributed by atoms with van der Waals surface area (Å²) in [6.07, 6.45) is 2.74. The lowest BCUT2D eigenvalue weighted by molar-refractivity contribution is -0.147. The Hall–Kier alpha value is -0.660. The van der Waals surface area contributed by atoms with Crippen molar-refractivity contribution in [1.29, 1.82) is 0 Å². The summed E-state index contributed by atoms with van der Waals surface area (Å²) < 4.78 is 27.9. The van der Waals surface area contributed by atoms with E-state index in [-0.39, 0.29) is 12.5 Å².